The standard InChI is InChI=1S/C20H17F3N6O2/c1-12-6-2-3-7-13(12)19-25-27-28(26-19)11-18(31)29-15-9-5-4-8-14(15)24-17(30)10-16(29)20(21,22)23/h2-9,16H,10-11H2,1H3,(H,24,30)/t16-/m1/s1. The topological polar surface area (TPSA) is 93.0 Å². The SMILES string of the molecule is Cc1ccccc1-c1nnn(CC(=O)N2c3ccccc3NC(=O)C[C@@H]2C(F)(F)F)n1. The maximum Gasteiger partial charge on any atom is 0.409 e. The van der Waals surface area contributed by atoms with Gasteiger partial charge in [-0.15, -0.1) is 10.2 Å². The second kappa shape index (κ2) is 7.82. The molecule has 3 aromatic rings. The number of nitrogens with one attached hydrogen (secondary N) is 1. The minimum atomic E-state index is -4.81. The van der Waals surface area contributed by atoms with Gasteiger partial charge >= 0.3 is 6.18 Å². The molecule has 160 valence electrons. The molecule has 0 fully saturated rings. The molecular formula is C20H17F3N6O2. The number of nitrogens with zero attached hydrogens (tertiary/aromatic N) is 5. The average Bonchev–Trinajstić information content (AvgIpc) is 3.09. The van der Waals surface area contributed by atoms with Gasteiger partial charge in [0.15, 0.2) is 0 Å². The second-order valence-corrected chi connectivity index (χ2v) is 7.05. The van der Waals surface area contributed by atoms with E-state index in [0.717, 1.165) is 10.4 Å². The minimum absolute atomic E-state index is 0.0417. The first-order valence-corrected chi connectivity index (χ1v) is 9.35. The van der Waals surface area contributed by atoms with Crippen LogP contribution < -0.4 is 10.2 Å². The van der Waals surface area contributed by atoms with Crippen LogP contribution in [0.15, 0.2) is 48.5 Å². The van der Waals surface area contributed by atoms with Crippen molar-refractivity contribution in [2.45, 2.75) is 32.1 Å². The highest BCUT2D eigenvalue weighted by Crippen LogP contribution is 2.37. The fourth-order valence-electron chi connectivity index (χ4n) is 3.43. The summed E-state index contributed by atoms with van der Waals surface area (Å²) in [5.74, 6) is -1.49. The van der Waals surface area contributed by atoms with E-state index in [1.807, 2.05) is 19.1 Å². The van der Waals surface area contributed by atoms with Crippen LogP contribution in [0, 0.1) is 6.92 Å². The molecule has 11 heteroatoms. The molecule has 0 aliphatic carbocycles. The summed E-state index contributed by atoms with van der Waals surface area (Å²) < 4.78 is 41.4. The summed E-state index contributed by atoms with van der Waals surface area (Å²) in [6, 6.07) is 10.8. The van der Waals surface area contributed by atoms with Crippen LogP contribution in [0.5, 0.6) is 0 Å². The number of aryl methyl sites for hydroxylation is 1. The lowest BCUT2D eigenvalue weighted by Gasteiger charge is -2.31. The van der Waals surface area contributed by atoms with Crippen LogP contribution in [0.2, 0.25) is 0 Å². The Labute approximate surface area is 174 Å². The van der Waals surface area contributed by atoms with E-state index in [1.165, 1.54) is 18.2 Å². The van der Waals surface area contributed by atoms with E-state index >= 15 is 0 Å². The van der Waals surface area contributed by atoms with Gasteiger partial charge in [-0.2, -0.15) is 18.0 Å². The first kappa shape index (κ1) is 20.5. The lowest BCUT2D eigenvalue weighted by Crippen LogP contribution is -2.50. The molecule has 1 N–H and O–H groups in total. The van der Waals surface area contributed by atoms with Gasteiger partial charge in [0.25, 0.3) is 5.91 Å². The molecular weight excluding hydrogens is 413 g/mol. The van der Waals surface area contributed by atoms with Crippen molar-refractivity contribution in [2.24, 2.45) is 0 Å². The number of carbonyl (C=O) groups excluding carboxylic acids is 2. The first-order chi connectivity index (χ1) is 14.7. The largest absolute Gasteiger partial charge is 0.409 e. The zero-order chi connectivity index (χ0) is 22.2. The molecule has 0 saturated carbocycles. The third kappa shape index (κ3) is 4.11. The molecule has 1 aromatic heterocycles. The highest BCUT2D eigenvalue weighted by Gasteiger charge is 2.49. The lowest BCUT2D eigenvalue weighted by atomic mass is 10.1. The van der Waals surface area contributed by atoms with E-state index in [4.69, 9.17) is 0 Å². The van der Waals surface area contributed by atoms with Gasteiger partial charge in [-0.05, 0) is 29.8 Å². The number of halogens is 3. The van der Waals surface area contributed by atoms with Gasteiger partial charge in [0, 0.05) is 5.56 Å². The van der Waals surface area contributed by atoms with E-state index < -0.39 is 37.0 Å². The predicted molar refractivity (Wildman–Crippen MR) is 105 cm³/mol. The molecule has 0 spiro atoms. The normalized spacial score (nSPS) is 16.5. The molecule has 4 rings (SSSR count). The fraction of sp³-hybridized carbons (Fsp3) is 0.250. The van der Waals surface area contributed by atoms with E-state index in [0.29, 0.717) is 10.5 Å². The zero-order valence-electron chi connectivity index (χ0n) is 16.3. The summed E-state index contributed by atoms with van der Waals surface area (Å²) in [6.07, 6.45) is -5.73. The van der Waals surface area contributed by atoms with Gasteiger partial charge in [0.1, 0.15) is 12.6 Å². The summed E-state index contributed by atoms with van der Waals surface area (Å²) in [5.41, 5.74) is 1.67. The number of para-hydroxylation sites is 2. The first-order valence-electron chi connectivity index (χ1n) is 9.35. The van der Waals surface area contributed by atoms with Gasteiger partial charge < -0.3 is 5.32 Å². The van der Waals surface area contributed by atoms with Gasteiger partial charge in [-0.1, -0.05) is 36.4 Å². The Morgan fingerprint density at radius 3 is 2.61 bits per heavy atom. The number of hydrogen-bond donors (Lipinski definition) is 1. The minimum Gasteiger partial charge on any atom is -0.324 e. The van der Waals surface area contributed by atoms with Crippen molar-refractivity contribution >= 4 is 23.2 Å². The number of carbonyl (C=O) groups is 2. The van der Waals surface area contributed by atoms with Gasteiger partial charge in [0.05, 0.1) is 17.8 Å². The second-order valence-electron chi connectivity index (χ2n) is 7.05. The Morgan fingerprint density at radius 1 is 1.16 bits per heavy atom. The van der Waals surface area contributed by atoms with Crippen LogP contribution in [0.1, 0.15) is 12.0 Å². The maximum absolute atomic E-state index is 13.8. The van der Waals surface area contributed by atoms with Gasteiger partial charge in [-0.3, -0.25) is 14.5 Å². The quantitative estimate of drug-likeness (QED) is 0.690. The van der Waals surface area contributed by atoms with Crippen LogP contribution in [-0.4, -0.2) is 44.2 Å². The van der Waals surface area contributed by atoms with Gasteiger partial charge in [0.2, 0.25) is 11.7 Å². The average molecular weight is 430 g/mol. The van der Waals surface area contributed by atoms with Gasteiger partial charge in [-0.25, -0.2) is 0 Å². The van der Waals surface area contributed by atoms with Crippen molar-refractivity contribution in [1.82, 2.24) is 20.2 Å². The van der Waals surface area contributed by atoms with Crippen LogP contribution >= 0.6 is 0 Å². The lowest BCUT2D eigenvalue weighted by molar-refractivity contribution is -0.158. The Kier molecular flexibility index (Phi) is 5.17. The highest BCUT2D eigenvalue weighted by molar-refractivity contribution is 6.04. The molecule has 2 amide bonds. The van der Waals surface area contributed by atoms with E-state index in [9.17, 15) is 22.8 Å². The number of alkyl halides is 3. The van der Waals surface area contributed by atoms with Crippen LogP contribution in [-0.2, 0) is 16.1 Å². The Morgan fingerprint density at radius 2 is 1.87 bits per heavy atom. The van der Waals surface area contributed by atoms with E-state index in [-0.39, 0.29) is 17.2 Å². The Balaban J connectivity index is 1.67. The monoisotopic (exact) mass is 430 g/mol. The molecule has 2 heterocycles. The molecule has 0 bridgehead atoms. The van der Waals surface area contributed by atoms with Crippen LogP contribution in [0.25, 0.3) is 11.4 Å². The third-order valence-electron chi connectivity index (χ3n) is 4.89. The fourth-order valence-corrected chi connectivity index (χ4v) is 3.43. The van der Waals surface area contributed by atoms with Crippen molar-refractivity contribution in [3.05, 3.63) is 54.1 Å². The zero-order valence-corrected chi connectivity index (χ0v) is 16.3. The molecule has 1 aliphatic heterocycles. The summed E-state index contributed by atoms with van der Waals surface area (Å²) in [6.45, 7) is 1.28. The summed E-state index contributed by atoms with van der Waals surface area (Å²) in [5, 5.41) is 14.3. The summed E-state index contributed by atoms with van der Waals surface area (Å²) in [4.78, 5) is 26.6. The third-order valence-corrected chi connectivity index (χ3v) is 4.89. The number of aromatic nitrogens is 4. The number of anilines is 2. The molecule has 2 aromatic carbocycles. The van der Waals surface area contributed by atoms with Crippen molar-refractivity contribution < 1.29 is 22.8 Å². The van der Waals surface area contributed by atoms with Crippen molar-refractivity contribution in [3.63, 3.8) is 0 Å². The Hall–Kier alpha value is -3.76. The van der Waals surface area contributed by atoms with E-state index in [1.54, 1.807) is 18.2 Å². The summed E-state index contributed by atoms with van der Waals surface area (Å²) in [7, 11) is 0. The molecule has 1 aliphatic rings. The molecule has 31 heavy (non-hydrogen) atoms. The number of amides is 2. The molecule has 0 radical (unpaired) electrons. The molecule has 0 saturated heterocycles. The number of fused-ring (bicyclic) bond motifs is 1. The number of rotatable bonds is 3. The predicted octanol–water partition coefficient (Wildman–Crippen LogP) is 2.95. The van der Waals surface area contributed by atoms with Crippen LogP contribution in [0.4, 0.5) is 24.5 Å². The van der Waals surface area contributed by atoms with Crippen molar-refractivity contribution in [2.75, 3.05) is 10.2 Å². The highest BCUT2D eigenvalue weighted by atomic mass is 19.4. The smallest absolute Gasteiger partial charge is 0.324 e. The van der Waals surface area contributed by atoms with Crippen LogP contribution in [0.3, 0.4) is 0 Å². The Bertz CT molecular complexity index is 1140. The molecule has 1 atom stereocenters. The number of hydrogen-bond acceptors (Lipinski definition) is 5. The number of tetrazole rings is 1. The van der Waals surface area contributed by atoms with Crippen molar-refractivity contribution in [1.29, 1.82) is 0 Å². The molecule has 8 nitrogen and oxygen atoms in total. The maximum atomic E-state index is 13.8. The van der Waals surface area contributed by atoms with Crippen molar-refractivity contribution in [3.8, 4) is 11.4 Å². The summed E-state index contributed by atoms with van der Waals surface area (Å²) >= 11 is 0. The molecule has 0 unspecified atom stereocenters. The number of benzene rings is 2. The van der Waals surface area contributed by atoms with E-state index in [2.05, 4.69) is 20.7 Å².